The minimum atomic E-state index is -3.10. The highest BCUT2D eigenvalue weighted by atomic mass is 32.2. The van der Waals surface area contributed by atoms with Crippen molar-refractivity contribution in [3.8, 4) is 0 Å². The Hall–Kier alpha value is -0.660. The molecule has 2 aliphatic heterocycles. The first-order valence-electron chi connectivity index (χ1n) is 6.33. The molecule has 2 aliphatic rings. The number of rotatable bonds is 2. The summed E-state index contributed by atoms with van der Waals surface area (Å²) in [5, 5.41) is 9.80. The van der Waals surface area contributed by atoms with E-state index in [4.69, 9.17) is 0 Å². The van der Waals surface area contributed by atoms with E-state index in [2.05, 4.69) is 0 Å². The molecular weight excluding hydrogens is 256 g/mol. The molecule has 1 N–H and O–H groups in total. The van der Waals surface area contributed by atoms with Crippen molar-refractivity contribution < 1.29 is 18.3 Å². The van der Waals surface area contributed by atoms with Crippen molar-refractivity contribution in [1.29, 1.82) is 0 Å². The fourth-order valence-corrected chi connectivity index (χ4v) is 4.52. The van der Waals surface area contributed by atoms with Gasteiger partial charge < -0.3 is 10.0 Å². The van der Waals surface area contributed by atoms with Crippen molar-refractivity contribution in [1.82, 2.24) is 9.80 Å². The quantitative estimate of drug-likeness (QED) is 0.678. The van der Waals surface area contributed by atoms with Crippen molar-refractivity contribution in [2.24, 2.45) is 0 Å². The Bertz CT molecular complexity index is 415. The fourth-order valence-electron chi connectivity index (χ4n) is 2.69. The Balaban J connectivity index is 1.92. The van der Waals surface area contributed by atoms with E-state index in [1.165, 1.54) is 0 Å². The first-order valence-corrected chi connectivity index (χ1v) is 8.15. The van der Waals surface area contributed by atoms with Gasteiger partial charge in [-0.2, -0.15) is 0 Å². The van der Waals surface area contributed by atoms with Gasteiger partial charge in [-0.3, -0.25) is 9.69 Å². The zero-order valence-corrected chi connectivity index (χ0v) is 11.4. The molecule has 104 valence electrons. The molecule has 2 fully saturated rings. The number of hydrogen-bond acceptors (Lipinski definition) is 5. The maximum absolute atomic E-state index is 11.5. The number of sulfone groups is 1. The summed E-state index contributed by atoms with van der Waals surface area (Å²) in [7, 11) is -3.10. The Morgan fingerprint density at radius 2 is 1.83 bits per heavy atom. The molecule has 2 rings (SSSR count). The average Bonchev–Trinajstić information content (AvgIpc) is 2.62. The summed E-state index contributed by atoms with van der Waals surface area (Å²) < 4.78 is 22.9. The minimum Gasteiger partial charge on any atom is -0.390 e. The summed E-state index contributed by atoms with van der Waals surface area (Å²) in [5.41, 5.74) is 0. The normalized spacial score (nSPS) is 32.7. The molecule has 1 amide bonds. The summed E-state index contributed by atoms with van der Waals surface area (Å²) in [6.07, 6.45) is -0.288. The van der Waals surface area contributed by atoms with Crippen LogP contribution in [-0.4, -0.2) is 79.1 Å². The molecule has 0 aromatic carbocycles. The van der Waals surface area contributed by atoms with Gasteiger partial charge in [0, 0.05) is 32.6 Å². The van der Waals surface area contributed by atoms with Crippen molar-refractivity contribution in [2.45, 2.75) is 25.5 Å². The van der Waals surface area contributed by atoms with E-state index in [-0.39, 0.29) is 23.5 Å². The van der Waals surface area contributed by atoms with E-state index in [9.17, 15) is 18.3 Å². The molecule has 0 radical (unpaired) electrons. The Morgan fingerprint density at radius 1 is 1.22 bits per heavy atom. The predicted octanol–water partition coefficient (Wildman–Crippen LogP) is -1.30. The number of carbonyl (C=O) groups is 1. The van der Waals surface area contributed by atoms with Crippen LogP contribution in [0.3, 0.4) is 0 Å². The monoisotopic (exact) mass is 276 g/mol. The van der Waals surface area contributed by atoms with E-state index >= 15 is 0 Å². The topological polar surface area (TPSA) is 77.9 Å². The van der Waals surface area contributed by atoms with Crippen molar-refractivity contribution in [3.05, 3.63) is 0 Å². The zero-order chi connectivity index (χ0) is 13.3. The Labute approximate surface area is 107 Å². The average molecular weight is 276 g/mol. The van der Waals surface area contributed by atoms with Crippen LogP contribution in [0, 0.1) is 0 Å². The maximum Gasteiger partial charge on any atom is 0.222 e. The van der Waals surface area contributed by atoms with Gasteiger partial charge in [0.25, 0.3) is 0 Å². The first-order chi connectivity index (χ1) is 8.43. The van der Waals surface area contributed by atoms with Crippen LogP contribution in [0.5, 0.6) is 0 Å². The lowest BCUT2D eigenvalue weighted by Crippen LogP contribution is -2.54. The first kappa shape index (κ1) is 13.8. The van der Waals surface area contributed by atoms with Crippen LogP contribution in [0.2, 0.25) is 0 Å². The highest BCUT2D eigenvalue weighted by molar-refractivity contribution is 7.91. The Morgan fingerprint density at radius 3 is 2.28 bits per heavy atom. The summed E-state index contributed by atoms with van der Waals surface area (Å²) in [6.45, 7) is 4.36. The molecule has 2 saturated heterocycles. The second-order valence-electron chi connectivity index (χ2n) is 4.98. The van der Waals surface area contributed by atoms with Crippen LogP contribution in [0.4, 0.5) is 0 Å². The number of amides is 1. The number of hydrogen-bond donors (Lipinski definition) is 1. The van der Waals surface area contributed by atoms with E-state index < -0.39 is 15.9 Å². The SMILES string of the molecule is CCC(=O)N1CCN([C@H]2CS(=O)(=O)C[C@H]2O)CC1. The molecule has 0 aliphatic carbocycles. The van der Waals surface area contributed by atoms with Crippen molar-refractivity contribution in [2.75, 3.05) is 37.7 Å². The third kappa shape index (κ3) is 2.84. The number of nitrogens with zero attached hydrogens (tertiary/aromatic N) is 2. The standard InChI is InChI=1S/C11H20N2O4S/c1-2-11(15)13-5-3-12(4-6-13)9-7-18(16,17)8-10(9)14/h9-10,14H,2-8H2,1H3/t9-,10+/m0/s1. The molecule has 0 unspecified atom stereocenters. The van der Waals surface area contributed by atoms with Crippen LogP contribution in [0.15, 0.2) is 0 Å². The molecule has 2 atom stereocenters. The minimum absolute atomic E-state index is 0.0376. The molecule has 0 spiro atoms. The second-order valence-corrected chi connectivity index (χ2v) is 7.14. The van der Waals surface area contributed by atoms with E-state index in [0.717, 1.165) is 0 Å². The summed E-state index contributed by atoms with van der Waals surface area (Å²) in [5.74, 6) is 0.0380. The second kappa shape index (κ2) is 5.14. The molecule has 2 heterocycles. The molecule has 0 bridgehead atoms. The third-order valence-corrected chi connectivity index (χ3v) is 5.43. The van der Waals surface area contributed by atoms with Gasteiger partial charge in [0.15, 0.2) is 9.84 Å². The largest absolute Gasteiger partial charge is 0.390 e. The molecule has 18 heavy (non-hydrogen) atoms. The fraction of sp³-hybridized carbons (Fsp3) is 0.909. The number of carbonyl (C=O) groups excluding carboxylic acids is 1. The molecule has 0 aromatic rings. The van der Waals surface area contributed by atoms with Gasteiger partial charge in [-0.1, -0.05) is 6.92 Å². The lowest BCUT2D eigenvalue weighted by molar-refractivity contribution is -0.133. The Kier molecular flexibility index (Phi) is 3.93. The van der Waals surface area contributed by atoms with Crippen LogP contribution < -0.4 is 0 Å². The maximum atomic E-state index is 11.5. The lowest BCUT2D eigenvalue weighted by atomic mass is 10.1. The molecule has 6 nitrogen and oxygen atoms in total. The molecule has 7 heteroatoms. The van der Waals surface area contributed by atoms with E-state index in [1.807, 2.05) is 11.8 Å². The van der Waals surface area contributed by atoms with E-state index in [0.29, 0.717) is 32.6 Å². The third-order valence-electron chi connectivity index (χ3n) is 3.73. The highest BCUT2D eigenvalue weighted by Gasteiger charge is 2.40. The summed E-state index contributed by atoms with van der Waals surface area (Å²) >= 11 is 0. The lowest BCUT2D eigenvalue weighted by Gasteiger charge is -2.38. The van der Waals surface area contributed by atoms with Crippen molar-refractivity contribution in [3.63, 3.8) is 0 Å². The van der Waals surface area contributed by atoms with Gasteiger partial charge >= 0.3 is 0 Å². The summed E-state index contributed by atoms with van der Waals surface area (Å²) in [6, 6.07) is -0.297. The van der Waals surface area contributed by atoms with Crippen LogP contribution in [0.1, 0.15) is 13.3 Å². The van der Waals surface area contributed by atoms with Gasteiger partial charge in [-0.05, 0) is 0 Å². The van der Waals surface area contributed by atoms with Crippen molar-refractivity contribution >= 4 is 15.7 Å². The van der Waals surface area contributed by atoms with Crippen LogP contribution in [-0.2, 0) is 14.6 Å². The number of piperazine rings is 1. The van der Waals surface area contributed by atoms with Gasteiger partial charge in [0.1, 0.15) is 0 Å². The van der Waals surface area contributed by atoms with Crippen LogP contribution in [0.25, 0.3) is 0 Å². The number of aliphatic hydroxyl groups excluding tert-OH is 1. The predicted molar refractivity (Wildman–Crippen MR) is 66.9 cm³/mol. The molecule has 0 aromatic heterocycles. The molecular formula is C11H20N2O4S. The highest BCUT2D eigenvalue weighted by Crippen LogP contribution is 2.20. The zero-order valence-electron chi connectivity index (χ0n) is 10.6. The van der Waals surface area contributed by atoms with E-state index in [1.54, 1.807) is 4.90 Å². The molecule has 0 saturated carbocycles. The summed E-state index contributed by atoms with van der Waals surface area (Å²) in [4.78, 5) is 15.3. The smallest absolute Gasteiger partial charge is 0.222 e. The number of aliphatic hydroxyl groups is 1. The van der Waals surface area contributed by atoms with Gasteiger partial charge in [0.05, 0.1) is 23.7 Å². The van der Waals surface area contributed by atoms with Crippen LogP contribution >= 0.6 is 0 Å². The van der Waals surface area contributed by atoms with Gasteiger partial charge in [-0.15, -0.1) is 0 Å². The van der Waals surface area contributed by atoms with Gasteiger partial charge in [-0.25, -0.2) is 8.42 Å². The van der Waals surface area contributed by atoms with Gasteiger partial charge in [0.2, 0.25) is 5.91 Å².